The third-order valence-corrected chi connectivity index (χ3v) is 12.2. The van der Waals surface area contributed by atoms with Crippen molar-refractivity contribution in [2.24, 2.45) is 0 Å². The molecule has 0 N–H and O–H groups in total. The van der Waals surface area contributed by atoms with Gasteiger partial charge in [-0.05, 0) is 106 Å². The highest BCUT2D eigenvalue weighted by atomic mass is 32.1. The van der Waals surface area contributed by atoms with Gasteiger partial charge in [0.15, 0.2) is 0 Å². The molecule has 0 amide bonds. The lowest BCUT2D eigenvalue weighted by molar-refractivity contribution is 0.670. The highest BCUT2D eigenvalue weighted by Gasteiger charge is 2.17. The standard InChI is InChI=1S/C54H35NOS/c1-3-11-36(12-4-1)40-15-9-16-45(33-40)55(44-29-23-38(24-30-44)42-26-32-53-50(35-42)47-17-7-8-20-52(47)57-53)43-27-21-37(22-28-43)41-25-31-51-49(34-41)48-19-10-18-46(54(48)56-51)39-13-5-2-6-14-39/h1-35H. The summed E-state index contributed by atoms with van der Waals surface area (Å²) in [6, 6.07) is 76.3. The van der Waals surface area contributed by atoms with Crippen molar-refractivity contribution in [3.63, 3.8) is 0 Å². The number of hydrogen-bond acceptors (Lipinski definition) is 3. The van der Waals surface area contributed by atoms with Gasteiger partial charge in [-0.25, -0.2) is 0 Å². The molecule has 0 aliphatic carbocycles. The molecule has 11 rings (SSSR count). The van der Waals surface area contributed by atoms with Gasteiger partial charge in [0, 0.05) is 53.6 Å². The lowest BCUT2D eigenvalue weighted by Gasteiger charge is -2.26. The van der Waals surface area contributed by atoms with Gasteiger partial charge in [0.2, 0.25) is 0 Å². The van der Waals surface area contributed by atoms with Crippen LogP contribution in [0.1, 0.15) is 0 Å². The molecule has 0 saturated heterocycles. The van der Waals surface area contributed by atoms with Gasteiger partial charge in [-0.1, -0.05) is 146 Å². The second-order valence-electron chi connectivity index (χ2n) is 14.5. The van der Waals surface area contributed by atoms with Crippen molar-refractivity contribution in [1.29, 1.82) is 0 Å². The fourth-order valence-corrected chi connectivity index (χ4v) is 9.32. The molecule has 0 spiro atoms. The molecule has 57 heavy (non-hydrogen) atoms. The van der Waals surface area contributed by atoms with E-state index in [-0.39, 0.29) is 0 Å². The summed E-state index contributed by atoms with van der Waals surface area (Å²) < 4.78 is 9.13. The van der Waals surface area contributed by atoms with Crippen LogP contribution in [0, 0.1) is 0 Å². The van der Waals surface area contributed by atoms with Gasteiger partial charge in [0.1, 0.15) is 11.2 Å². The predicted octanol–water partition coefficient (Wildman–Crippen LogP) is 16.1. The summed E-state index contributed by atoms with van der Waals surface area (Å²) in [5.41, 5.74) is 14.5. The summed E-state index contributed by atoms with van der Waals surface area (Å²) in [4.78, 5) is 2.35. The first-order chi connectivity index (χ1) is 28.2. The van der Waals surface area contributed by atoms with Gasteiger partial charge >= 0.3 is 0 Å². The summed E-state index contributed by atoms with van der Waals surface area (Å²) in [6.45, 7) is 0. The molecule has 3 heteroatoms. The molecule has 0 radical (unpaired) electrons. The van der Waals surface area contributed by atoms with E-state index in [9.17, 15) is 0 Å². The van der Waals surface area contributed by atoms with Crippen molar-refractivity contribution in [3.8, 4) is 44.5 Å². The Hall–Kier alpha value is -7.20. The molecule has 2 nitrogen and oxygen atoms in total. The molecule has 0 aliphatic rings. The number of benzene rings is 9. The molecular formula is C54H35NOS. The van der Waals surface area contributed by atoms with Gasteiger partial charge in [0.25, 0.3) is 0 Å². The molecule has 268 valence electrons. The Morgan fingerprint density at radius 3 is 1.58 bits per heavy atom. The Kier molecular flexibility index (Phi) is 8.04. The third kappa shape index (κ3) is 5.97. The lowest BCUT2D eigenvalue weighted by Crippen LogP contribution is -2.10. The van der Waals surface area contributed by atoms with Gasteiger partial charge in [0.05, 0.1) is 0 Å². The van der Waals surface area contributed by atoms with Crippen molar-refractivity contribution >= 4 is 70.5 Å². The molecular weight excluding hydrogens is 711 g/mol. The van der Waals surface area contributed by atoms with Crippen LogP contribution in [-0.2, 0) is 0 Å². The Balaban J connectivity index is 0.971. The number of hydrogen-bond donors (Lipinski definition) is 0. The number of para-hydroxylation sites is 1. The highest BCUT2D eigenvalue weighted by molar-refractivity contribution is 7.25. The van der Waals surface area contributed by atoms with Crippen LogP contribution in [0.2, 0.25) is 0 Å². The summed E-state index contributed by atoms with van der Waals surface area (Å²) in [5.74, 6) is 0. The fraction of sp³-hybridized carbons (Fsp3) is 0. The quantitative estimate of drug-likeness (QED) is 0.162. The minimum Gasteiger partial charge on any atom is -0.455 e. The SMILES string of the molecule is c1ccc(-c2cccc(N(c3ccc(-c4ccc5oc6c(-c7ccccc7)cccc6c5c4)cc3)c3ccc(-c4ccc5sc6ccccc6c5c4)cc3)c2)cc1. The van der Waals surface area contributed by atoms with E-state index in [0.29, 0.717) is 0 Å². The van der Waals surface area contributed by atoms with Crippen LogP contribution in [0.25, 0.3) is 86.6 Å². The topological polar surface area (TPSA) is 16.4 Å². The van der Waals surface area contributed by atoms with E-state index >= 15 is 0 Å². The number of thiophene rings is 1. The molecule has 0 saturated carbocycles. The molecule has 0 bridgehead atoms. The molecule has 0 aliphatic heterocycles. The number of furan rings is 1. The van der Waals surface area contributed by atoms with Crippen molar-refractivity contribution < 1.29 is 4.42 Å². The van der Waals surface area contributed by atoms with Crippen LogP contribution in [0.5, 0.6) is 0 Å². The molecule has 0 fully saturated rings. The van der Waals surface area contributed by atoms with E-state index in [0.717, 1.165) is 61.3 Å². The van der Waals surface area contributed by atoms with Crippen molar-refractivity contribution in [1.82, 2.24) is 0 Å². The van der Waals surface area contributed by atoms with Gasteiger partial charge in [-0.3, -0.25) is 0 Å². The maximum atomic E-state index is 6.48. The zero-order chi connectivity index (χ0) is 37.7. The first-order valence-corrected chi connectivity index (χ1v) is 20.1. The molecule has 11 aromatic rings. The molecule has 9 aromatic carbocycles. The van der Waals surface area contributed by atoms with Crippen LogP contribution in [0.4, 0.5) is 17.1 Å². The van der Waals surface area contributed by atoms with E-state index in [1.165, 1.54) is 42.4 Å². The average Bonchev–Trinajstić information content (AvgIpc) is 3.85. The van der Waals surface area contributed by atoms with Crippen LogP contribution < -0.4 is 4.90 Å². The second-order valence-corrected chi connectivity index (χ2v) is 15.6. The summed E-state index contributed by atoms with van der Waals surface area (Å²) in [5, 5.41) is 4.88. The Bertz CT molecular complexity index is 3210. The lowest BCUT2D eigenvalue weighted by atomic mass is 9.99. The first kappa shape index (κ1) is 33.2. The Morgan fingerprint density at radius 2 is 0.842 bits per heavy atom. The zero-order valence-electron chi connectivity index (χ0n) is 31.0. The molecule has 0 unspecified atom stereocenters. The number of anilines is 3. The predicted molar refractivity (Wildman–Crippen MR) is 243 cm³/mol. The van der Waals surface area contributed by atoms with Crippen LogP contribution in [0.3, 0.4) is 0 Å². The van der Waals surface area contributed by atoms with E-state index in [4.69, 9.17) is 4.42 Å². The van der Waals surface area contributed by atoms with Crippen molar-refractivity contribution in [2.75, 3.05) is 4.90 Å². The van der Waals surface area contributed by atoms with E-state index in [2.05, 4.69) is 211 Å². The molecule has 0 atom stereocenters. The summed E-state index contributed by atoms with van der Waals surface area (Å²) in [6.07, 6.45) is 0. The third-order valence-electron chi connectivity index (χ3n) is 11.1. The maximum Gasteiger partial charge on any atom is 0.143 e. The monoisotopic (exact) mass is 745 g/mol. The van der Waals surface area contributed by atoms with Crippen molar-refractivity contribution in [2.45, 2.75) is 0 Å². The largest absolute Gasteiger partial charge is 0.455 e. The minimum absolute atomic E-state index is 0.894. The first-order valence-electron chi connectivity index (χ1n) is 19.3. The highest BCUT2D eigenvalue weighted by Crippen LogP contribution is 2.41. The summed E-state index contributed by atoms with van der Waals surface area (Å²) >= 11 is 1.86. The van der Waals surface area contributed by atoms with E-state index < -0.39 is 0 Å². The van der Waals surface area contributed by atoms with Gasteiger partial charge in [-0.2, -0.15) is 0 Å². The smallest absolute Gasteiger partial charge is 0.143 e. The van der Waals surface area contributed by atoms with Crippen molar-refractivity contribution in [3.05, 3.63) is 212 Å². The Labute approximate surface area is 335 Å². The molecule has 2 heterocycles. The minimum atomic E-state index is 0.894. The fourth-order valence-electron chi connectivity index (χ4n) is 8.24. The Morgan fingerprint density at radius 1 is 0.316 bits per heavy atom. The van der Waals surface area contributed by atoms with Crippen LogP contribution in [0.15, 0.2) is 217 Å². The average molecular weight is 746 g/mol. The summed E-state index contributed by atoms with van der Waals surface area (Å²) in [7, 11) is 0. The maximum absolute atomic E-state index is 6.48. The van der Waals surface area contributed by atoms with Crippen LogP contribution in [-0.4, -0.2) is 0 Å². The van der Waals surface area contributed by atoms with Crippen LogP contribution >= 0.6 is 11.3 Å². The number of fused-ring (bicyclic) bond motifs is 6. The van der Waals surface area contributed by atoms with Gasteiger partial charge in [-0.15, -0.1) is 11.3 Å². The number of nitrogens with zero attached hydrogens (tertiary/aromatic N) is 1. The van der Waals surface area contributed by atoms with E-state index in [1.54, 1.807) is 0 Å². The zero-order valence-corrected chi connectivity index (χ0v) is 31.8. The van der Waals surface area contributed by atoms with E-state index in [1.807, 2.05) is 17.4 Å². The normalized spacial score (nSPS) is 11.5. The second kappa shape index (κ2) is 13.8. The molecule has 2 aromatic heterocycles. The number of rotatable bonds is 7. The van der Waals surface area contributed by atoms with Gasteiger partial charge < -0.3 is 9.32 Å².